The van der Waals surface area contributed by atoms with Crippen molar-refractivity contribution in [2.75, 3.05) is 28.4 Å². The molecule has 9 heteroatoms. The third kappa shape index (κ3) is 3.66. The highest BCUT2D eigenvalue weighted by Crippen LogP contribution is 2.21. The van der Waals surface area contributed by atoms with Crippen molar-refractivity contribution in [2.24, 2.45) is 0 Å². The molecule has 0 spiro atoms. The zero-order valence-corrected chi connectivity index (χ0v) is 15.1. The van der Waals surface area contributed by atoms with Gasteiger partial charge in [0.25, 0.3) is 5.56 Å². The summed E-state index contributed by atoms with van der Waals surface area (Å²) < 4.78 is 20.0. The second-order valence-corrected chi connectivity index (χ2v) is 5.13. The standard InChI is InChI=1S/C18H17NO8/c1-24-11-7-5-10(6-8-11)19-13(20)9-12(16(21)25-2)14(17(22)26-3)15(19)18(23)27-4/h5-9H,1-4H3. The first kappa shape index (κ1) is 19.7. The van der Waals surface area contributed by atoms with Gasteiger partial charge >= 0.3 is 17.9 Å². The maximum Gasteiger partial charge on any atom is 0.356 e. The summed E-state index contributed by atoms with van der Waals surface area (Å²) >= 11 is 0. The smallest absolute Gasteiger partial charge is 0.356 e. The van der Waals surface area contributed by atoms with E-state index in [0.29, 0.717) is 5.75 Å². The number of esters is 3. The van der Waals surface area contributed by atoms with Crippen molar-refractivity contribution in [2.45, 2.75) is 0 Å². The number of nitrogens with zero attached hydrogens (tertiary/aromatic N) is 1. The second-order valence-electron chi connectivity index (χ2n) is 5.13. The molecule has 2 rings (SSSR count). The molecule has 1 aromatic carbocycles. The van der Waals surface area contributed by atoms with Crippen LogP contribution in [0.4, 0.5) is 0 Å². The first-order valence-electron chi connectivity index (χ1n) is 7.59. The van der Waals surface area contributed by atoms with E-state index in [0.717, 1.165) is 32.0 Å². The lowest BCUT2D eigenvalue weighted by molar-refractivity contribution is 0.0529. The summed E-state index contributed by atoms with van der Waals surface area (Å²) in [6, 6.07) is 7.04. The molecule has 0 radical (unpaired) electrons. The van der Waals surface area contributed by atoms with Crippen molar-refractivity contribution < 1.29 is 33.3 Å². The van der Waals surface area contributed by atoms with Gasteiger partial charge in [0.1, 0.15) is 11.3 Å². The monoisotopic (exact) mass is 375 g/mol. The van der Waals surface area contributed by atoms with Gasteiger partial charge in [-0.25, -0.2) is 14.4 Å². The highest BCUT2D eigenvalue weighted by molar-refractivity contribution is 6.09. The van der Waals surface area contributed by atoms with Crippen LogP contribution in [0.25, 0.3) is 5.69 Å². The average molecular weight is 375 g/mol. The van der Waals surface area contributed by atoms with Gasteiger partial charge < -0.3 is 18.9 Å². The molecule has 0 aliphatic carbocycles. The van der Waals surface area contributed by atoms with E-state index >= 15 is 0 Å². The number of carbonyl (C=O) groups is 3. The van der Waals surface area contributed by atoms with Crippen molar-refractivity contribution in [3.05, 3.63) is 57.5 Å². The molecule has 0 N–H and O–H groups in total. The van der Waals surface area contributed by atoms with Gasteiger partial charge in [0.15, 0.2) is 5.69 Å². The van der Waals surface area contributed by atoms with Crippen LogP contribution >= 0.6 is 0 Å². The number of hydrogen-bond donors (Lipinski definition) is 0. The molecular weight excluding hydrogens is 358 g/mol. The minimum atomic E-state index is -1.01. The molecule has 0 aliphatic rings. The third-order valence-electron chi connectivity index (χ3n) is 3.72. The zero-order valence-electron chi connectivity index (χ0n) is 15.1. The van der Waals surface area contributed by atoms with E-state index in [1.165, 1.54) is 19.2 Å². The minimum absolute atomic E-state index is 0.253. The SMILES string of the molecule is COC(=O)c1cc(=O)n(-c2ccc(OC)cc2)c(C(=O)OC)c1C(=O)OC. The largest absolute Gasteiger partial charge is 0.497 e. The van der Waals surface area contributed by atoms with Crippen LogP contribution < -0.4 is 10.3 Å². The van der Waals surface area contributed by atoms with Crippen LogP contribution in [0, 0.1) is 0 Å². The van der Waals surface area contributed by atoms with Crippen LogP contribution in [0.3, 0.4) is 0 Å². The number of ether oxygens (including phenoxy) is 4. The summed E-state index contributed by atoms with van der Waals surface area (Å²) in [5, 5.41) is 0. The molecular formula is C18H17NO8. The Balaban J connectivity index is 2.94. The maximum atomic E-state index is 12.7. The van der Waals surface area contributed by atoms with Gasteiger partial charge in [0, 0.05) is 11.8 Å². The molecule has 0 saturated carbocycles. The first-order chi connectivity index (χ1) is 12.9. The number of pyridine rings is 1. The van der Waals surface area contributed by atoms with E-state index in [4.69, 9.17) is 9.47 Å². The van der Waals surface area contributed by atoms with E-state index in [2.05, 4.69) is 9.47 Å². The molecule has 27 heavy (non-hydrogen) atoms. The molecule has 1 aromatic heterocycles. The fraction of sp³-hybridized carbons (Fsp3) is 0.222. The Morgan fingerprint density at radius 1 is 0.815 bits per heavy atom. The van der Waals surface area contributed by atoms with Crippen molar-refractivity contribution in [1.29, 1.82) is 0 Å². The first-order valence-corrected chi connectivity index (χ1v) is 7.59. The lowest BCUT2D eigenvalue weighted by Crippen LogP contribution is -2.31. The van der Waals surface area contributed by atoms with E-state index < -0.39 is 40.3 Å². The molecule has 0 saturated heterocycles. The number of methoxy groups -OCH3 is 4. The summed E-state index contributed by atoms with van der Waals surface area (Å²) in [7, 11) is 4.71. The number of aromatic nitrogens is 1. The summed E-state index contributed by atoms with van der Waals surface area (Å²) in [5.41, 5.74) is -1.79. The molecule has 0 bridgehead atoms. The quantitative estimate of drug-likeness (QED) is 0.566. The van der Waals surface area contributed by atoms with Gasteiger partial charge in [0.2, 0.25) is 0 Å². The maximum absolute atomic E-state index is 12.7. The number of rotatable bonds is 5. The molecule has 0 unspecified atom stereocenters. The van der Waals surface area contributed by atoms with Gasteiger partial charge in [-0.2, -0.15) is 0 Å². The van der Waals surface area contributed by atoms with Crippen LogP contribution in [0.15, 0.2) is 35.1 Å². The average Bonchev–Trinajstić information content (AvgIpc) is 2.71. The second kappa shape index (κ2) is 8.17. The van der Waals surface area contributed by atoms with Crippen molar-refractivity contribution >= 4 is 17.9 Å². The normalized spacial score (nSPS) is 10.1. The highest BCUT2D eigenvalue weighted by Gasteiger charge is 2.31. The fourth-order valence-electron chi connectivity index (χ4n) is 2.47. The van der Waals surface area contributed by atoms with Crippen LogP contribution in [0.2, 0.25) is 0 Å². The Morgan fingerprint density at radius 2 is 1.37 bits per heavy atom. The van der Waals surface area contributed by atoms with Crippen LogP contribution in [-0.4, -0.2) is 50.9 Å². The van der Waals surface area contributed by atoms with Crippen LogP contribution in [0.1, 0.15) is 31.2 Å². The Bertz CT molecular complexity index is 943. The molecule has 1 heterocycles. The third-order valence-corrected chi connectivity index (χ3v) is 3.72. The number of hydrogen-bond acceptors (Lipinski definition) is 8. The van der Waals surface area contributed by atoms with Crippen molar-refractivity contribution in [3.8, 4) is 11.4 Å². The predicted octanol–water partition coefficient (Wildman–Crippen LogP) is 1.21. The van der Waals surface area contributed by atoms with Gasteiger partial charge in [-0.1, -0.05) is 0 Å². The van der Waals surface area contributed by atoms with Gasteiger partial charge in [-0.3, -0.25) is 9.36 Å². The number of carbonyl (C=O) groups excluding carboxylic acids is 3. The van der Waals surface area contributed by atoms with Crippen molar-refractivity contribution in [3.63, 3.8) is 0 Å². The van der Waals surface area contributed by atoms with E-state index in [1.807, 2.05) is 0 Å². The molecule has 9 nitrogen and oxygen atoms in total. The fourth-order valence-corrected chi connectivity index (χ4v) is 2.47. The minimum Gasteiger partial charge on any atom is -0.497 e. The Morgan fingerprint density at radius 3 is 1.85 bits per heavy atom. The van der Waals surface area contributed by atoms with Crippen molar-refractivity contribution in [1.82, 2.24) is 4.57 Å². The summed E-state index contributed by atoms with van der Waals surface area (Å²) in [4.78, 5) is 49.5. The zero-order chi connectivity index (χ0) is 20.1. The lowest BCUT2D eigenvalue weighted by Gasteiger charge is -2.17. The molecule has 0 fully saturated rings. The molecule has 0 atom stereocenters. The molecule has 142 valence electrons. The van der Waals surface area contributed by atoms with E-state index in [1.54, 1.807) is 12.1 Å². The Kier molecular flexibility index (Phi) is 5.96. The highest BCUT2D eigenvalue weighted by atomic mass is 16.5. The molecule has 2 aromatic rings. The summed E-state index contributed by atoms with van der Waals surface area (Å²) in [6.07, 6.45) is 0. The molecule has 0 aliphatic heterocycles. The van der Waals surface area contributed by atoms with Gasteiger partial charge in [-0.15, -0.1) is 0 Å². The van der Waals surface area contributed by atoms with Crippen LogP contribution in [-0.2, 0) is 14.2 Å². The number of benzene rings is 1. The van der Waals surface area contributed by atoms with Gasteiger partial charge in [0.05, 0.1) is 34.0 Å². The summed E-state index contributed by atoms with van der Waals surface area (Å²) in [5.74, 6) is -2.46. The van der Waals surface area contributed by atoms with Crippen LogP contribution in [0.5, 0.6) is 5.75 Å². The Labute approximate surface area is 154 Å². The lowest BCUT2D eigenvalue weighted by atomic mass is 10.0. The van der Waals surface area contributed by atoms with E-state index in [-0.39, 0.29) is 5.69 Å². The topological polar surface area (TPSA) is 110 Å². The van der Waals surface area contributed by atoms with Gasteiger partial charge in [-0.05, 0) is 24.3 Å². The molecule has 0 amide bonds. The summed E-state index contributed by atoms with van der Waals surface area (Å²) in [6.45, 7) is 0. The predicted molar refractivity (Wildman–Crippen MR) is 92.6 cm³/mol. The van der Waals surface area contributed by atoms with E-state index in [9.17, 15) is 19.2 Å². The Hall–Kier alpha value is -3.62.